The second-order valence-electron chi connectivity index (χ2n) is 4.71. The maximum Gasteiger partial charge on any atom is 0.255 e. The van der Waals surface area contributed by atoms with E-state index in [1.165, 1.54) is 0 Å². The van der Waals surface area contributed by atoms with E-state index < -0.39 is 0 Å². The Morgan fingerprint density at radius 1 is 1.13 bits per heavy atom. The van der Waals surface area contributed by atoms with Crippen LogP contribution in [0.1, 0.15) is 15.9 Å². The van der Waals surface area contributed by atoms with Crippen molar-refractivity contribution in [2.75, 3.05) is 20.5 Å². The van der Waals surface area contributed by atoms with Gasteiger partial charge in [0.15, 0.2) is 0 Å². The number of hydrogen-bond acceptors (Lipinski definition) is 4. The van der Waals surface area contributed by atoms with Gasteiger partial charge in [0.05, 0.1) is 19.8 Å². The summed E-state index contributed by atoms with van der Waals surface area (Å²) in [5.41, 5.74) is 1.41. The van der Waals surface area contributed by atoms with E-state index in [9.17, 15) is 4.79 Å². The number of hydrogen-bond donors (Lipinski definition) is 1. The number of thioether (sulfide) groups is 1. The summed E-state index contributed by atoms with van der Waals surface area (Å²) in [4.78, 5) is 13.5. The fourth-order valence-electron chi connectivity index (χ4n) is 2.14. The van der Waals surface area contributed by atoms with Gasteiger partial charge < -0.3 is 14.8 Å². The van der Waals surface area contributed by atoms with Gasteiger partial charge in [-0.15, -0.1) is 11.8 Å². The zero-order valence-corrected chi connectivity index (χ0v) is 15.6. The normalized spacial score (nSPS) is 10.3. The molecular formula is C17H18BrNO3S. The van der Waals surface area contributed by atoms with Gasteiger partial charge in [-0.3, -0.25) is 4.79 Å². The molecular weight excluding hydrogens is 378 g/mol. The molecule has 0 spiro atoms. The first-order valence-corrected chi connectivity index (χ1v) is 8.93. The molecule has 0 fully saturated rings. The first kappa shape index (κ1) is 17.7. The number of carbonyl (C=O) groups excluding carboxylic acids is 1. The molecule has 2 aromatic carbocycles. The smallest absolute Gasteiger partial charge is 0.255 e. The molecule has 2 rings (SSSR count). The molecule has 1 amide bonds. The minimum atomic E-state index is -0.184. The van der Waals surface area contributed by atoms with E-state index in [2.05, 4.69) is 21.2 Å². The predicted molar refractivity (Wildman–Crippen MR) is 96.6 cm³/mol. The van der Waals surface area contributed by atoms with Crippen molar-refractivity contribution in [2.24, 2.45) is 0 Å². The zero-order valence-electron chi connectivity index (χ0n) is 13.2. The molecule has 0 aromatic heterocycles. The van der Waals surface area contributed by atoms with Crippen molar-refractivity contribution in [3.63, 3.8) is 0 Å². The van der Waals surface area contributed by atoms with Gasteiger partial charge in [0.2, 0.25) is 0 Å². The van der Waals surface area contributed by atoms with Crippen LogP contribution in [0.5, 0.6) is 11.5 Å². The van der Waals surface area contributed by atoms with E-state index in [0.29, 0.717) is 17.9 Å². The molecule has 0 radical (unpaired) electrons. The Hall–Kier alpha value is -1.66. The third-order valence-corrected chi connectivity index (χ3v) is 4.55. The molecule has 1 N–H and O–H groups in total. The molecule has 23 heavy (non-hydrogen) atoms. The van der Waals surface area contributed by atoms with Gasteiger partial charge in [-0.25, -0.2) is 0 Å². The topological polar surface area (TPSA) is 47.6 Å². The fraction of sp³-hybridized carbons (Fsp3) is 0.235. The maximum atomic E-state index is 12.4. The summed E-state index contributed by atoms with van der Waals surface area (Å²) < 4.78 is 11.6. The number of nitrogens with one attached hydrogen (secondary N) is 1. The summed E-state index contributed by atoms with van der Waals surface area (Å²) in [6, 6.07) is 11.2. The Balaban J connectivity index is 2.15. The minimum absolute atomic E-state index is 0.184. The highest BCUT2D eigenvalue weighted by molar-refractivity contribution is 9.10. The number of rotatable bonds is 6. The molecule has 122 valence electrons. The molecule has 6 heteroatoms. The van der Waals surface area contributed by atoms with Crippen LogP contribution in [0.25, 0.3) is 0 Å². The van der Waals surface area contributed by atoms with Crippen LogP contribution in [0.15, 0.2) is 45.8 Å². The lowest BCUT2D eigenvalue weighted by atomic mass is 10.1. The van der Waals surface area contributed by atoms with E-state index in [4.69, 9.17) is 9.47 Å². The average Bonchev–Trinajstić information content (AvgIpc) is 2.59. The second-order valence-corrected chi connectivity index (χ2v) is 6.50. The van der Waals surface area contributed by atoms with E-state index in [0.717, 1.165) is 20.7 Å². The van der Waals surface area contributed by atoms with Crippen LogP contribution in [-0.2, 0) is 6.54 Å². The molecule has 0 heterocycles. The summed E-state index contributed by atoms with van der Waals surface area (Å²) in [5, 5.41) is 2.90. The third kappa shape index (κ3) is 4.42. The summed E-state index contributed by atoms with van der Waals surface area (Å²) in [6.07, 6.45) is 1.98. The Kier molecular flexibility index (Phi) is 6.36. The van der Waals surface area contributed by atoms with E-state index >= 15 is 0 Å². The Morgan fingerprint density at radius 3 is 2.52 bits per heavy atom. The lowest BCUT2D eigenvalue weighted by Crippen LogP contribution is -2.23. The van der Waals surface area contributed by atoms with Gasteiger partial charge in [-0.2, -0.15) is 0 Å². The molecule has 0 bridgehead atoms. The molecule has 4 nitrogen and oxygen atoms in total. The number of benzene rings is 2. The van der Waals surface area contributed by atoms with E-state index in [1.807, 2.05) is 36.6 Å². The van der Waals surface area contributed by atoms with Crippen molar-refractivity contribution in [1.29, 1.82) is 0 Å². The maximum absolute atomic E-state index is 12.4. The summed E-state index contributed by atoms with van der Waals surface area (Å²) in [5.74, 6) is 1.12. The van der Waals surface area contributed by atoms with Gasteiger partial charge >= 0.3 is 0 Å². The van der Waals surface area contributed by atoms with Crippen molar-refractivity contribution >= 4 is 33.6 Å². The lowest BCUT2D eigenvalue weighted by molar-refractivity contribution is 0.0947. The van der Waals surface area contributed by atoms with Crippen molar-refractivity contribution < 1.29 is 14.3 Å². The summed E-state index contributed by atoms with van der Waals surface area (Å²) in [6.45, 7) is 0.370. The number of methoxy groups -OCH3 is 2. The van der Waals surface area contributed by atoms with Crippen molar-refractivity contribution in [1.82, 2.24) is 5.32 Å². The number of amides is 1. The molecule has 0 aliphatic heterocycles. The Bertz CT molecular complexity index is 706. The standard InChI is InChI=1S/C17H18BrNO3S/c1-21-15-7-4-12(18)8-11(15)10-19-17(20)14-6-5-13(23-3)9-16(14)22-2/h4-9H,10H2,1-3H3,(H,19,20). The number of ether oxygens (including phenoxy) is 2. The predicted octanol–water partition coefficient (Wildman–Crippen LogP) is 4.12. The highest BCUT2D eigenvalue weighted by Crippen LogP contribution is 2.26. The van der Waals surface area contributed by atoms with Crippen LogP contribution in [0.3, 0.4) is 0 Å². The second kappa shape index (κ2) is 8.26. The number of carbonyl (C=O) groups is 1. The molecule has 0 atom stereocenters. The first-order chi connectivity index (χ1) is 11.1. The minimum Gasteiger partial charge on any atom is -0.496 e. The van der Waals surface area contributed by atoms with Crippen LogP contribution >= 0.6 is 27.7 Å². The molecule has 0 saturated heterocycles. The summed E-state index contributed by atoms with van der Waals surface area (Å²) in [7, 11) is 3.17. The quantitative estimate of drug-likeness (QED) is 0.747. The monoisotopic (exact) mass is 395 g/mol. The zero-order chi connectivity index (χ0) is 16.8. The molecule has 0 unspecified atom stereocenters. The number of halogens is 1. The van der Waals surface area contributed by atoms with Gasteiger partial charge in [-0.1, -0.05) is 15.9 Å². The van der Waals surface area contributed by atoms with Crippen molar-refractivity contribution in [3.8, 4) is 11.5 Å². The average molecular weight is 396 g/mol. The first-order valence-electron chi connectivity index (χ1n) is 6.91. The third-order valence-electron chi connectivity index (χ3n) is 3.34. The molecule has 0 aliphatic rings. The molecule has 0 aliphatic carbocycles. The van der Waals surface area contributed by atoms with Gasteiger partial charge in [0.25, 0.3) is 5.91 Å². The van der Waals surface area contributed by atoms with E-state index in [1.54, 1.807) is 32.0 Å². The van der Waals surface area contributed by atoms with Crippen LogP contribution in [-0.4, -0.2) is 26.4 Å². The van der Waals surface area contributed by atoms with Crippen molar-refractivity contribution in [2.45, 2.75) is 11.4 Å². The highest BCUT2D eigenvalue weighted by Gasteiger charge is 2.13. The van der Waals surface area contributed by atoms with Gasteiger partial charge in [0, 0.05) is 21.5 Å². The SMILES string of the molecule is COc1ccc(Br)cc1CNC(=O)c1ccc(SC)cc1OC. The van der Waals surface area contributed by atoms with Gasteiger partial charge in [-0.05, 0) is 42.7 Å². The van der Waals surface area contributed by atoms with Crippen LogP contribution in [0.4, 0.5) is 0 Å². The fourth-order valence-corrected chi connectivity index (χ4v) is 2.98. The molecule has 2 aromatic rings. The van der Waals surface area contributed by atoms with Gasteiger partial charge in [0.1, 0.15) is 11.5 Å². The Labute approximate surface area is 148 Å². The van der Waals surface area contributed by atoms with Crippen LogP contribution in [0, 0.1) is 0 Å². The lowest BCUT2D eigenvalue weighted by Gasteiger charge is -2.12. The summed E-state index contributed by atoms with van der Waals surface area (Å²) >= 11 is 5.03. The Morgan fingerprint density at radius 2 is 1.87 bits per heavy atom. The van der Waals surface area contributed by atoms with Crippen LogP contribution in [0.2, 0.25) is 0 Å². The largest absolute Gasteiger partial charge is 0.496 e. The molecule has 0 saturated carbocycles. The highest BCUT2D eigenvalue weighted by atomic mass is 79.9. The van der Waals surface area contributed by atoms with Crippen LogP contribution < -0.4 is 14.8 Å². The van der Waals surface area contributed by atoms with E-state index in [-0.39, 0.29) is 5.91 Å². The van der Waals surface area contributed by atoms with Crippen molar-refractivity contribution in [3.05, 3.63) is 52.0 Å².